The first kappa shape index (κ1) is 76.9. The van der Waals surface area contributed by atoms with Crippen LogP contribution in [-0.2, 0) is 19.6 Å². The second-order valence-electron chi connectivity index (χ2n) is 31.5. The molecular weight excluding hydrogens is 1540 g/mol. The molecule has 0 spiro atoms. The molecule has 0 radical (unpaired) electrons. The van der Waals surface area contributed by atoms with E-state index in [4.69, 9.17) is 62.9 Å². The molecule has 122 heavy (non-hydrogen) atoms. The number of hydrogen-bond acceptors (Lipinski definition) is 26. The van der Waals surface area contributed by atoms with Gasteiger partial charge in [-0.1, -0.05) is 79.7 Å². The number of oxazole rings is 3. The van der Waals surface area contributed by atoms with Crippen molar-refractivity contribution in [2.24, 2.45) is 0 Å². The van der Waals surface area contributed by atoms with Gasteiger partial charge in [0, 0.05) is 83.8 Å². The number of piperidine rings is 2. The lowest BCUT2D eigenvalue weighted by molar-refractivity contribution is 0.149. The van der Waals surface area contributed by atoms with E-state index >= 15 is 0 Å². The van der Waals surface area contributed by atoms with E-state index in [9.17, 15) is 14.4 Å². The van der Waals surface area contributed by atoms with Crippen LogP contribution in [0.15, 0.2) is 204 Å². The molecule has 0 saturated carbocycles. The second kappa shape index (κ2) is 31.0. The molecule has 32 nitrogen and oxygen atoms in total. The molecule has 2 fully saturated rings. The lowest BCUT2D eigenvalue weighted by Crippen LogP contribution is -2.41. The van der Waals surface area contributed by atoms with Crippen LogP contribution in [0.5, 0.6) is 0 Å². The van der Waals surface area contributed by atoms with Gasteiger partial charge in [-0.2, -0.15) is 30.2 Å². The standard InChI is InChI=1S/C31H33N9O2.C30H31N9O2.C29H22N8O2/c1-17(2)38-11-9-21(10-12-38)40-22(13-19-6-4-5-18(3)25(19)30(40)41)15-39-29-26(28(32)34-16-35-29)27(37-39)20-7-8-24-23(14-20)36-31(33)42-24;1-3-37-11-9-20(10-12-37)39-21(13-18-6-4-5-17(2)24(18)29(39)40)15-38-28-25(27(31)33-16-34-28)26(36-38)19-7-8-23-22(14-19)35-30(32)41-23;1-16-6-5-7-17-12-20(37(28(38)23(16)17)19-8-3-2-4-9-19)14-36-27-24(26(30)32-15-33-27)25(35-36)18-10-11-22-21(13-18)34-29(31)39-22/h4-8,13-14,16-17,21H,9-12,15H2,1-3H3,(H2,33,36)(H2,32,34,35);4-8,13-14,16,20H,3,9-12,15H2,1-2H3,(H2,32,35)(H2,31,33,34);2-13,15H,14H2,1H3,(H2,31,34)(H2,30,32,33). The van der Waals surface area contributed by atoms with Crippen LogP contribution in [0.25, 0.3) is 138 Å². The van der Waals surface area contributed by atoms with Crippen molar-refractivity contribution in [3.05, 3.63) is 242 Å². The Morgan fingerprint density at radius 2 is 0.762 bits per heavy atom. The SMILES string of the molecule is CCN1CCC(n2c(Cn3nc(-c4ccc5oc(N)nc5c4)c4c(N)ncnc43)cc3cccc(C)c3c2=O)CC1.Cc1cccc2cc(Cn3nc(-c4ccc5oc(N)nc5c4)c4c(N)ncnc43)n(-c3ccccc3)c(=O)c12.Cc1cccc2cc(Cn3nc(-c4ccc5oc(N)nc5c4)c4c(N)ncnc43)n(C3CCN(C(C)C)CC3)c(=O)c12. The van der Waals surface area contributed by atoms with Crippen LogP contribution >= 0.6 is 0 Å². The van der Waals surface area contributed by atoms with Crippen LogP contribution in [0, 0.1) is 20.8 Å². The van der Waals surface area contributed by atoms with E-state index in [1.807, 2.05) is 179 Å². The molecule has 2 aliphatic rings. The van der Waals surface area contributed by atoms with E-state index in [-0.39, 0.29) is 53.4 Å². The normalized spacial score (nSPS) is 13.9. The van der Waals surface area contributed by atoms with Gasteiger partial charge >= 0.3 is 0 Å². The zero-order valence-electron chi connectivity index (χ0n) is 67.8. The molecular formula is C90H86N26O6. The Labute approximate surface area is 694 Å². The minimum Gasteiger partial charge on any atom is -0.424 e. The van der Waals surface area contributed by atoms with Gasteiger partial charge in [0.15, 0.2) is 33.7 Å². The predicted octanol–water partition coefficient (Wildman–Crippen LogP) is 13.1. The summed E-state index contributed by atoms with van der Waals surface area (Å²) in [4.78, 5) is 86.3. The first-order chi connectivity index (χ1) is 59.2. The molecule has 19 aromatic rings. The number of nitrogens with two attached hydrogens (primary N) is 6. The predicted molar refractivity (Wildman–Crippen MR) is 474 cm³/mol. The van der Waals surface area contributed by atoms with E-state index in [1.54, 1.807) is 15.3 Å². The summed E-state index contributed by atoms with van der Waals surface area (Å²) in [5.74, 6) is 0.957. The molecule has 21 rings (SSSR count). The summed E-state index contributed by atoms with van der Waals surface area (Å²) in [7, 11) is 0. The number of nitrogen functional groups attached to an aromatic ring is 6. The second-order valence-corrected chi connectivity index (χ2v) is 31.5. The van der Waals surface area contributed by atoms with Gasteiger partial charge in [0.1, 0.15) is 70.1 Å². The molecule has 2 saturated heterocycles. The first-order valence-electron chi connectivity index (χ1n) is 40.5. The fourth-order valence-corrected chi connectivity index (χ4v) is 17.7. The third kappa shape index (κ3) is 13.9. The van der Waals surface area contributed by atoms with Gasteiger partial charge in [-0.05, 0) is 185 Å². The topological polar surface area (TPSA) is 437 Å². The van der Waals surface area contributed by atoms with Crippen molar-refractivity contribution in [3.8, 4) is 39.5 Å². The monoisotopic (exact) mass is 1630 g/mol. The highest BCUT2D eigenvalue weighted by Crippen LogP contribution is 2.39. The van der Waals surface area contributed by atoms with Gasteiger partial charge in [-0.25, -0.2) is 43.9 Å². The molecule has 7 aromatic carbocycles. The minimum atomic E-state index is -0.0910. The zero-order chi connectivity index (χ0) is 84.0. The highest BCUT2D eigenvalue weighted by Gasteiger charge is 2.31. The van der Waals surface area contributed by atoms with E-state index in [0.29, 0.717) is 125 Å². The number of likely N-dealkylation sites (tertiary alicyclic amines) is 2. The molecule has 2 aliphatic heterocycles. The number of para-hydroxylation sites is 1. The van der Waals surface area contributed by atoms with Crippen molar-refractivity contribution in [3.63, 3.8) is 0 Å². The van der Waals surface area contributed by atoms with Crippen molar-refractivity contribution in [2.45, 2.75) is 105 Å². The van der Waals surface area contributed by atoms with Crippen molar-refractivity contribution in [1.29, 1.82) is 0 Å². The maximum Gasteiger partial charge on any atom is 0.292 e. The van der Waals surface area contributed by atoms with E-state index < -0.39 is 0 Å². The van der Waals surface area contributed by atoms with Crippen molar-refractivity contribution < 1.29 is 13.3 Å². The summed E-state index contributed by atoms with van der Waals surface area (Å²) in [5.41, 5.74) is 52.1. The number of hydrogen-bond donors (Lipinski definition) is 6. The summed E-state index contributed by atoms with van der Waals surface area (Å²) in [6.07, 6.45) is 7.94. The Morgan fingerprint density at radius 1 is 0.402 bits per heavy atom. The fourth-order valence-electron chi connectivity index (χ4n) is 17.7. The summed E-state index contributed by atoms with van der Waals surface area (Å²) < 4.78 is 27.5. The third-order valence-corrected chi connectivity index (χ3v) is 23.7. The van der Waals surface area contributed by atoms with Crippen molar-refractivity contribution >= 4 is 134 Å². The number of rotatable bonds is 14. The molecule has 0 aliphatic carbocycles. The Bertz CT molecular complexity index is 7540. The molecule has 0 bridgehead atoms. The highest BCUT2D eigenvalue weighted by molar-refractivity contribution is 6.02. The van der Waals surface area contributed by atoms with Gasteiger partial charge < -0.3 is 66.6 Å². The zero-order valence-corrected chi connectivity index (χ0v) is 67.8. The van der Waals surface area contributed by atoms with E-state index in [1.165, 1.54) is 19.0 Å². The van der Waals surface area contributed by atoms with Crippen LogP contribution in [0.4, 0.5) is 35.5 Å². The number of anilines is 6. The molecule has 12 aromatic heterocycles. The average Bonchev–Trinajstić information content (AvgIpc) is 1.41. The molecule has 12 N–H and O–H groups in total. The van der Waals surface area contributed by atoms with Crippen LogP contribution in [0.3, 0.4) is 0 Å². The van der Waals surface area contributed by atoms with Crippen LogP contribution in [0.1, 0.15) is 92.3 Å². The Balaban J connectivity index is 0.000000121. The Morgan fingerprint density at radius 3 is 1.14 bits per heavy atom. The number of benzene rings is 7. The molecule has 0 unspecified atom stereocenters. The van der Waals surface area contributed by atoms with Gasteiger partial charge in [0.25, 0.3) is 34.7 Å². The lowest BCUT2D eigenvalue weighted by atomic mass is 10.0. The van der Waals surface area contributed by atoms with Crippen LogP contribution < -0.4 is 51.1 Å². The van der Waals surface area contributed by atoms with Crippen LogP contribution in [-0.4, -0.2) is 136 Å². The molecule has 0 atom stereocenters. The van der Waals surface area contributed by atoms with Gasteiger partial charge in [0.05, 0.1) is 52.0 Å². The lowest BCUT2D eigenvalue weighted by Gasteiger charge is -2.36. The van der Waals surface area contributed by atoms with Crippen LogP contribution in [0.2, 0.25) is 0 Å². The summed E-state index contributed by atoms with van der Waals surface area (Å²) in [6.45, 7) is 18.4. The van der Waals surface area contributed by atoms with Gasteiger partial charge in [-0.3, -0.25) is 19.0 Å². The van der Waals surface area contributed by atoms with E-state index in [2.05, 4.69) is 87.6 Å². The maximum absolute atomic E-state index is 14.2. The van der Waals surface area contributed by atoms with Gasteiger partial charge in [0.2, 0.25) is 0 Å². The Hall–Kier alpha value is -15.1. The van der Waals surface area contributed by atoms with Crippen molar-refractivity contribution in [1.82, 2.24) is 97.7 Å². The molecule has 14 heterocycles. The average molecular weight is 1630 g/mol. The van der Waals surface area contributed by atoms with Crippen molar-refractivity contribution in [2.75, 3.05) is 67.1 Å². The quantitative estimate of drug-likeness (QED) is 0.0589. The number of nitrogens with zero attached hydrogens (tertiary/aromatic N) is 20. The number of fused-ring (bicyclic) bond motifs is 9. The summed E-state index contributed by atoms with van der Waals surface area (Å²) >= 11 is 0. The summed E-state index contributed by atoms with van der Waals surface area (Å²) in [6, 6.07) is 51.3. The fraction of sp³-hybridized carbons (Fsp3) is 0.233. The first-order valence-corrected chi connectivity index (χ1v) is 40.5. The highest BCUT2D eigenvalue weighted by atomic mass is 16.4. The van der Waals surface area contributed by atoms with Gasteiger partial charge in [-0.15, -0.1) is 0 Å². The third-order valence-electron chi connectivity index (χ3n) is 23.7. The Kier molecular flexibility index (Phi) is 19.6. The molecule has 612 valence electrons. The largest absolute Gasteiger partial charge is 0.424 e. The number of aromatic nitrogens is 18. The smallest absolute Gasteiger partial charge is 0.292 e. The summed E-state index contributed by atoms with van der Waals surface area (Å²) in [5, 5.41) is 21.7. The minimum absolute atomic E-state index is 0.0449. The molecule has 0 amide bonds. The maximum atomic E-state index is 14.2. The number of pyridine rings is 3. The molecule has 32 heteroatoms. The number of aryl methyl sites for hydroxylation is 3. The van der Waals surface area contributed by atoms with E-state index in [0.717, 1.165) is 141 Å².